The first kappa shape index (κ1) is 9.13. The minimum absolute atomic E-state index is 1.35. The van der Waals surface area contributed by atoms with Crippen molar-refractivity contribution >= 4 is 32.8 Å². The van der Waals surface area contributed by atoms with Crippen molar-refractivity contribution in [3.63, 3.8) is 0 Å². The fourth-order valence-electron chi connectivity index (χ4n) is 1.67. The van der Waals surface area contributed by atoms with Crippen LogP contribution in [0.1, 0.15) is 4.88 Å². The van der Waals surface area contributed by atoms with Crippen LogP contribution in [0, 0.1) is 6.92 Å². The molecule has 2 heterocycles. The molecule has 15 heavy (non-hydrogen) atoms. The van der Waals surface area contributed by atoms with Gasteiger partial charge in [0.15, 0.2) is 0 Å². The number of aryl methyl sites for hydroxylation is 1. The molecule has 2 aromatic heterocycles. The molecule has 0 radical (unpaired) electrons. The minimum atomic E-state index is 1.35. The largest absolute Gasteiger partial charge is 0.140 e. The van der Waals surface area contributed by atoms with E-state index in [1.807, 2.05) is 22.7 Å². The maximum atomic E-state index is 2.28. The zero-order valence-corrected chi connectivity index (χ0v) is 9.99. The van der Waals surface area contributed by atoms with E-state index in [1.54, 1.807) is 0 Å². The molecule has 0 bridgehead atoms. The molecular weight excluding hydrogens is 220 g/mol. The lowest BCUT2D eigenvalue weighted by Gasteiger charge is -1.86. The normalized spacial score (nSPS) is 11.0. The van der Waals surface area contributed by atoms with Gasteiger partial charge in [0, 0.05) is 19.3 Å². The first-order valence-electron chi connectivity index (χ1n) is 4.88. The van der Waals surface area contributed by atoms with Crippen molar-refractivity contribution in [3.8, 4) is 9.75 Å². The molecule has 3 rings (SSSR count). The van der Waals surface area contributed by atoms with Gasteiger partial charge in [0.1, 0.15) is 0 Å². The summed E-state index contributed by atoms with van der Waals surface area (Å²) in [5, 5.41) is 1.35. The van der Waals surface area contributed by atoms with Crippen LogP contribution in [0.25, 0.3) is 19.8 Å². The second-order valence-corrected chi connectivity index (χ2v) is 5.93. The van der Waals surface area contributed by atoms with E-state index in [-0.39, 0.29) is 0 Å². The first-order chi connectivity index (χ1) is 7.33. The third kappa shape index (κ3) is 1.60. The molecule has 0 unspecified atom stereocenters. The molecule has 0 saturated carbocycles. The van der Waals surface area contributed by atoms with Crippen LogP contribution in [0.5, 0.6) is 0 Å². The predicted octanol–water partition coefficient (Wildman–Crippen LogP) is 4.94. The van der Waals surface area contributed by atoms with Crippen molar-refractivity contribution in [2.75, 3.05) is 0 Å². The highest BCUT2D eigenvalue weighted by atomic mass is 32.1. The average Bonchev–Trinajstić information content (AvgIpc) is 2.82. The molecule has 0 saturated heterocycles. The molecule has 0 spiro atoms. The molecule has 2 heteroatoms. The van der Waals surface area contributed by atoms with Gasteiger partial charge in [-0.15, -0.1) is 22.7 Å². The Morgan fingerprint density at radius 2 is 1.73 bits per heavy atom. The smallest absolute Gasteiger partial charge is 0.0455 e. The topological polar surface area (TPSA) is 0 Å². The van der Waals surface area contributed by atoms with Gasteiger partial charge >= 0.3 is 0 Å². The van der Waals surface area contributed by atoms with Gasteiger partial charge < -0.3 is 0 Å². The molecule has 1 aromatic carbocycles. The highest BCUT2D eigenvalue weighted by molar-refractivity contribution is 7.26. The highest BCUT2D eigenvalue weighted by Gasteiger charge is 2.05. The lowest BCUT2D eigenvalue weighted by molar-refractivity contribution is 1.64. The van der Waals surface area contributed by atoms with Crippen molar-refractivity contribution in [2.45, 2.75) is 6.92 Å². The van der Waals surface area contributed by atoms with Gasteiger partial charge in [-0.2, -0.15) is 0 Å². The van der Waals surface area contributed by atoms with E-state index in [2.05, 4.69) is 49.4 Å². The Morgan fingerprint density at radius 3 is 2.47 bits per heavy atom. The molecule has 0 aliphatic carbocycles. The number of thiophene rings is 2. The zero-order chi connectivity index (χ0) is 10.3. The number of hydrogen-bond acceptors (Lipinski definition) is 2. The van der Waals surface area contributed by atoms with Gasteiger partial charge in [0.25, 0.3) is 0 Å². The van der Waals surface area contributed by atoms with Gasteiger partial charge in [0.05, 0.1) is 0 Å². The lowest BCUT2D eigenvalue weighted by atomic mass is 10.2. The molecule has 0 aliphatic rings. The summed E-state index contributed by atoms with van der Waals surface area (Å²) in [4.78, 5) is 4.14. The van der Waals surface area contributed by atoms with Crippen molar-refractivity contribution in [3.05, 3.63) is 47.3 Å². The van der Waals surface area contributed by atoms with Crippen LogP contribution in [0.2, 0.25) is 0 Å². The van der Waals surface area contributed by atoms with Crippen molar-refractivity contribution < 1.29 is 0 Å². The highest BCUT2D eigenvalue weighted by Crippen LogP contribution is 2.36. The third-order valence-electron chi connectivity index (χ3n) is 2.41. The van der Waals surface area contributed by atoms with Gasteiger partial charge in [-0.1, -0.05) is 18.2 Å². The molecule has 74 valence electrons. The quantitative estimate of drug-likeness (QED) is 0.555. The monoisotopic (exact) mass is 230 g/mol. The van der Waals surface area contributed by atoms with Crippen LogP contribution in [-0.4, -0.2) is 0 Å². The standard InChI is InChI=1S/C13H10S2/c1-9-6-7-12(14-9)13-8-10-4-2-3-5-11(10)15-13/h2-8H,1H3. The summed E-state index contributed by atoms with van der Waals surface area (Å²) in [6.07, 6.45) is 0. The molecule has 0 nitrogen and oxygen atoms in total. The lowest BCUT2D eigenvalue weighted by Crippen LogP contribution is -1.58. The summed E-state index contributed by atoms with van der Waals surface area (Å²) in [6.45, 7) is 2.15. The van der Waals surface area contributed by atoms with E-state index in [1.165, 1.54) is 24.7 Å². The van der Waals surface area contributed by atoms with E-state index in [0.717, 1.165) is 0 Å². The van der Waals surface area contributed by atoms with E-state index in [4.69, 9.17) is 0 Å². The summed E-state index contributed by atoms with van der Waals surface area (Å²) >= 11 is 3.74. The third-order valence-corrected chi connectivity index (χ3v) is 4.72. The molecule has 0 atom stereocenters. The summed E-state index contributed by atoms with van der Waals surface area (Å²) in [5.41, 5.74) is 0. The van der Waals surface area contributed by atoms with Crippen molar-refractivity contribution in [1.29, 1.82) is 0 Å². The van der Waals surface area contributed by atoms with Crippen LogP contribution >= 0.6 is 22.7 Å². The molecule has 0 aliphatic heterocycles. The molecular formula is C13H10S2. The number of hydrogen-bond donors (Lipinski definition) is 0. The van der Waals surface area contributed by atoms with Crippen LogP contribution in [0.3, 0.4) is 0 Å². The fourth-order valence-corrected chi connectivity index (χ4v) is 3.68. The number of fused-ring (bicyclic) bond motifs is 1. The Balaban J connectivity index is 2.19. The van der Waals surface area contributed by atoms with Gasteiger partial charge in [-0.3, -0.25) is 0 Å². The summed E-state index contributed by atoms with van der Waals surface area (Å²) in [6, 6.07) is 15.2. The Morgan fingerprint density at radius 1 is 0.867 bits per heavy atom. The van der Waals surface area contributed by atoms with Gasteiger partial charge in [-0.05, 0) is 36.6 Å². The first-order valence-corrected chi connectivity index (χ1v) is 6.51. The second-order valence-electron chi connectivity index (χ2n) is 3.56. The summed E-state index contributed by atoms with van der Waals surface area (Å²) < 4.78 is 1.37. The second kappa shape index (κ2) is 3.47. The van der Waals surface area contributed by atoms with Crippen LogP contribution in [0.15, 0.2) is 42.5 Å². The average molecular weight is 230 g/mol. The van der Waals surface area contributed by atoms with Crippen LogP contribution in [-0.2, 0) is 0 Å². The van der Waals surface area contributed by atoms with E-state index in [9.17, 15) is 0 Å². The maximum absolute atomic E-state index is 2.28. The molecule has 0 amide bonds. The predicted molar refractivity (Wildman–Crippen MR) is 69.9 cm³/mol. The molecule has 0 fully saturated rings. The summed E-state index contributed by atoms with van der Waals surface area (Å²) in [7, 11) is 0. The van der Waals surface area contributed by atoms with Crippen molar-refractivity contribution in [2.24, 2.45) is 0 Å². The SMILES string of the molecule is Cc1ccc(-c2cc3ccccc3s2)s1. The molecule has 0 N–H and O–H groups in total. The number of rotatable bonds is 1. The van der Waals surface area contributed by atoms with Crippen molar-refractivity contribution in [1.82, 2.24) is 0 Å². The van der Waals surface area contributed by atoms with Crippen LogP contribution in [0.4, 0.5) is 0 Å². The van der Waals surface area contributed by atoms with Crippen LogP contribution < -0.4 is 0 Å². The number of benzene rings is 1. The minimum Gasteiger partial charge on any atom is -0.140 e. The van der Waals surface area contributed by atoms with Gasteiger partial charge in [0.2, 0.25) is 0 Å². The van der Waals surface area contributed by atoms with E-state index in [0.29, 0.717) is 0 Å². The Labute approximate surface area is 96.8 Å². The van der Waals surface area contributed by atoms with Gasteiger partial charge in [-0.25, -0.2) is 0 Å². The Hall–Kier alpha value is -1.12. The summed E-state index contributed by atoms with van der Waals surface area (Å²) in [5.74, 6) is 0. The zero-order valence-electron chi connectivity index (χ0n) is 8.36. The maximum Gasteiger partial charge on any atom is 0.0455 e. The Kier molecular flexibility index (Phi) is 2.11. The van der Waals surface area contributed by atoms with E-state index >= 15 is 0 Å². The Bertz CT molecular complexity index is 569. The van der Waals surface area contributed by atoms with E-state index < -0.39 is 0 Å². The molecule has 3 aromatic rings. The fraction of sp³-hybridized carbons (Fsp3) is 0.0769.